The van der Waals surface area contributed by atoms with E-state index in [1.165, 1.54) is 11.6 Å². The summed E-state index contributed by atoms with van der Waals surface area (Å²) < 4.78 is 0. The molecule has 0 aliphatic heterocycles. The van der Waals surface area contributed by atoms with Gasteiger partial charge in [0.15, 0.2) is 0 Å². The van der Waals surface area contributed by atoms with Crippen LogP contribution in [0.2, 0.25) is 0 Å². The van der Waals surface area contributed by atoms with E-state index in [1.54, 1.807) is 12.1 Å². The molecule has 0 heterocycles. The zero-order chi connectivity index (χ0) is 24.9. The molecule has 0 amide bonds. The van der Waals surface area contributed by atoms with E-state index in [1.807, 2.05) is 66.5 Å². The SMILES string of the molecule is CN(c1ccc(N(c2ccccc2)c2cccc(-c3ccccc3)c2)cc1)c1cccc([N+](=O)[O-])c1. The molecule has 0 fully saturated rings. The number of para-hydroxylation sites is 1. The third-order valence-corrected chi connectivity index (χ3v) is 6.15. The van der Waals surface area contributed by atoms with E-state index >= 15 is 0 Å². The van der Waals surface area contributed by atoms with Gasteiger partial charge in [0.1, 0.15) is 0 Å². The second-order valence-corrected chi connectivity index (χ2v) is 8.44. The summed E-state index contributed by atoms with van der Waals surface area (Å²) in [4.78, 5) is 15.0. The summed E-state index contributed by atoms with van der Waals surface area (Å²) in [6.45, 7) is 0. The molecule has 0 saturated carbocycles. The van der Waals surface area contributed by atoms with Crippen LogP contribution < -0.4 is 9.80 Å². The molecule has 5 aromatic rings. The maximum Gasteiger partial charge on any atom is 0.271 e. The van der Waals surface area contributed by atoms with Crippen LogP contribution in [0.1, 0.15) is 0 Å². The fourth-order valence-electron chi connectivity index (χ4n) is 4.27. The first kappa shape index (κ1) is 22.9. The van der Waals surface area contributed by atoms with Crippen molar-refractivity contribution >= 4 is 34.1 Å². The van der Waals surface area contributed by atoms with Gasteiger partial charge in [-0.05, 0) is 65.7 Å². The number of non-ortho nitro benzene ring substituents is 1. The maximum atomic E-state index is 11.2. The van der Waals surface area contributed by atoms with Crippen molar-refractivity contribution in [3.8, 4) is 11.1 Å². The lowest BCUT2D eigenvalue weighted by atomic mass is 10.0. The van der Waals surface area contributed by atoms with Crippen LogP contribution in [0.25, 0.3) is 11.1 Å². The largest absolute Gasteiger partial charge is 0.344 e. The summed E-state index contributed by atoms with van der Waals surface area (Å²) in [5.41, 5.74) is 7.21. The minimum Gasteiger partial charge on any atom is -0.344 e. The number of rotatable bonds is 7. The quantitative estimate of drug-likeness (QED) is 0.176. The van der Waals surface area contributed by atoms with Crippen LogP contribution >= 0.6 is 0 Å². The van der Waals surface area contributed by atoms with Crippen LogP contribution in [0.15, 0.2) is 133 Å². The number of hydrogen-bond donors (Lipinski definition) is 0. The fourth-order valence-corrected chi connectivity index (χ4v) is 4.27. The van der Waals surface area contributed by atoms with Crippen molar-refractivity contribution in [2.75, 3.05) is 16.8 Å². The zero-order valence-corrected chi connectivity index (χ0v) is 19.9. The molecule has 0 aliphatic rings. The topological polar surface area (TPSA) is 49.6 Å². The molecule has 0 aromatic heterocycles. The standard InChI is InChI=1S/C31H25N3O2/c1-32(29-15-9-17-31(23-29)34(35)36)26-18-20-28(21-19-26)33(27-13-6-3-7-14-27)30-16-8-12-25(22-30)24-10-4-2-5-11-24/h2-23H,1H3. The molecule has 0 N–H and O–H groups in total. The van der Waals surface area contributed by atoms with Crippen LogP contribution in [0.3, 0.4) is 0 Å². The highest BCUT2D eigenvalue weighted by Gasteiger charge is 2.15. The van der Waals surface area contributed by atoms with Crippen LogP contribution in [0, 0.1) is 10.1 Å². The van der Waals surface area contributed by atoms with Gasteiger partial charge in [-0.1, -0.05) is 66.7 Å². The highest BCUT2D eigenvalue weighted by molar-refractivity contribution is 5.81. The molecule has 0 bridgehead atoms. The first-order valence-corrected chi connectivity index (χ1v) is 11.7. The lowest BCUT2D eigenvalue weighted by Gasteiger charge is -2.27. The number of anilines is 5. The highest BCUT2D eigenvalue weighted by Crippen LogP contribution is 2.37. The molecule has 0 radical (unpaired) electrons. The molecular weight excluding hydrogens is 446 g/mol. The second-order valence-electron chi connectivity index (χ2n) is 8.44. The molecule has 5 aromatic carbocycles. The summed E-state index contributed by atoms with van der Waals surface area (Å²) in [6.07, 6.45) is 0. The Hall–Kier alpha value is -4.90. The predicted molar refractivity (Wildman–Crippen MR) is 148 cm³/mol. The third-order valence-electron chi connectivity index (χ3n) is 6.15. The average Bonchev–Trinajstić information content (AvgIpc) is 2.94. The highest BCUT2D eigenvalue weighted by atomic mass is 16.6. The summed E-state index contributed by atoms with van der Waals surface area (Å²) in [5.74, 6) is 0. The lowest BCUT2D eigenvalue weighted by molar-refractivity contribution is -0.384. The van der Waals surface area contributed by atoms with Gasteiger partial charge in [-0.2, -0.15) is 0 Å². The Balaban J connectivity index is 1.51. The van der Waals surface area contributed by atoms with Crippen molar-refractivity contribution in [2.24, 2.45) is 0 Å². The fraction of sp³-hybridized carbons (Fsp3) is 0.0323. The van der Waals surface area contributed by atoms with E-state index in [0.717, 1.165) is 34.0 Å². The molecule has 5 nitrogen and oxygen atoms in total. The number of hydrogen-bond acceptors (Lipinski definition) is 4. The van der Waals surface area contributed by atoms with Gasteiger partial charge in [-0.3, -0.25) is 10.1 Å². The Morgan fingerprint density at radius 3 is 1.75 bits per heavy atom. The molecule has 0 unspecified atom stereocenters. The minimum atomic E-state index is -0.373. The molecule has 0 saturated heterocycles. The van der Waals surface area contributed by atoms with Crippen molar-refractivity contribution in [2.45, 2.75) is 0 Å². The normalized spacial score (nSPS) is 10.6. The van der Waals surface area contributed by atoms with Gasteiger partial charge in [0.05, 0.1) is 4.92 Å². The van der Waals surface area contributed by atoms with Crippen LogP contribution in [0.4, 0.5) is 34.1 Å². The van der Waals surface area contributed by atoms with Gasteiger partial charge < -0.3 is 9.80 Å². The summed E-state index contributed by atoms with van der Waals surface area (Å²) in [6, 6.07) is 44.0. The smallest absolute Gasteiger partial charge is 0.271 e. The first-order valence-electron chi connectivity index (χ1n) is 11.7. The zero-order valence-electron chi connectivity index (χ0n) is 19.9. The van der Waals surface area contributed by atoms with Gasteiger partial charge in [0.2, 0.25) is 0 Å². The van der Waals surface area contributed by atoms with Gasteiger partial charge in [0, 0.05) is 47.6 Å². The third kappa shape index (κ3) is 4.81. The number of nitro benzene ring substituents is 1. The predicted octanol–water partition coefficient (Wildman–Crippen LogP) is 8.50. The van der Waals surface area contributed by atoms with E-state index in [9.17, 15) is 10.1 Å². The molecule has 0 spiro atoms. The molecule has 36 heavy (non-hydrogen) atoms. The number of nitro groups is 1. The van der Waals surface area contributed by atoms with Crippen molar-refractivity contribution in [3.05, 3.63) is 144 Å². The molecule has 0 aliphatic carbocycles. The van der Waals surface area contributed by atoms with Gasteiger partial charge >= 0.3 is 0 Å². The first-order chi connectivity index (χ1) is 17.6. The molecule has 0 atom stereocenters. The van der Waals surface area contributed by atoms with Crippen LogP contribution in [0.5, 0.6) is 0 Å². The molecule has 5 rings (SSSR count). The van der Waals surface area contributed by atoms with Crippen molar-refractivity contribution in [1.82, 2.24) is 0 Å². The van der Waals surface area contributed by atoms with Gasteiger partial charge in [0.25, 0.3) is 5.69 Å². The minimum absolute atomic E-state index is 0.0736. The van der Waals surface area contributed by atoms with Crippen LogP contribution in [-0.2, 0) is 0 Å². The van der Waals surface area contributed by atoms with Gasteiger partial charge in [-0.25, -0.2) is 0 Å². The molecular formula is C31H25N3O2. The van der Waals surface area contributed by atoms with Crippen molar-refractivity contribution in [1.29, 1.82) is 0 Å². The maximum absolute atomic E-state index is 11.2. The van der Waals surface area contributed by atoms with Crippen molar-refractivity contribution < 1.29 is 4.92 Å². The Kier molecular flexibility index (Phi) is 6.45. The lowest BCUT2D eigenvalue weighted by Crippen LogP contribution is -2.12. The van der Waals surface area contributed by atoms with Gasteiger partial charge in [-0.15, -0.1) is 0 Å². The van der Waals surface area contributed by atoms with Crippen LogP contribution in [-0.4, -0.2) is 12.0 Å². The number of benzene rings is 5. The summed E-state index contributed by atoms with van der Waals surface area (Å²) in [5, 5.41) is 11.2. The summed E-state index contributed by atoms with van der Waals surface area (Å²) >= 11 is 0. The Morgan fingerprint density at radius 1 is 0.528 bits per heavy atom. The van der Waals surface area contributed by atoms with E-state index in [2.05, 4.69) is 65.6 Å². The Bertz CT molecular complexity index is 1470. The van der Waals surface area contributed by atoms with E-state index in [4.69, 9.17) is 0 Å². The molecule has 176 valence electrons. The van der Waals surface area contributed by atoms with E-state index < -0.39 is 0 Å². The second kappa shape index (κ2) is 10.2. The Labute approximate surface area is 210 Å². The summed E-state index contributed by atoms with van der Waals surface area (Å²) in [7, 11) is 1.91. The van der Waals surface area contributed by atoms with E-state index in [0.29, 0.717) is 0 Å². The Morgan fingerprint density at radius 2 is 1.06 bits per heavy atom. The molecule has 5 heteroatoms. The van der Waals surface area contributed by atoms with E-state index in [-0.39, 0.29) is 10.6 Å². The van der Waals surface area contributed by atoms with Crippen molar-refractivity contribution in [3.63, 3.8) is 0 Å². The average molecular weight is 472 g/mol. The number of nitrogens with zero attached hydrogens (tertiary/aromatic N) is 3. The monoisotopic (exact) mass is 471 g/mol.